The second kappa shape index (κ2) is 8.68. The predicted molar refractivity (Wildman–Crippen MR) is 119 cm³/mol. The zero-order valence-corrected chi connectivity index (χ0v) is 18.7. The summed E-state index contributed by atoms with van der Waals surface area (Å²) in [6.07, 6.45) is 0. The molecule has 0 aliphatic carbocycles. The summed E-state index contributed by atoms with van der Waals surface area (Å²) < 4.78 is 6.97. The Morgan fingerprint density at radius 2 is 1.78 bits per heavy atom. The Hall–Kier alpha value is -1.48. The van der Waals surface area contributed by atoms with Gasteiger partial charge in [-0.05, 0) is 77.2 Å². The summed E-state index contributed by atoms with van der Waals surface area (Å²) in [6.45, 7) is 0. The van der Waals surface area contributed by atoms with Gasteiger partial charge in [0, 0.05) is 15.2 Å². The van der Waals surface area contributed by atoms with Gasteiger partial charge in [0.05, 0.1) is 14.2 Å². The average Bonchev–Trinajstić information content (AvgIpc) is 2.62. The molecule has 27 heavy (non-hydrogen) atoms. The number of carbonyl (C=O) groups excluding carboxylic acids is 1. The second-order valence-electron chi connectivity index (χ2n) is 5.44. The Bertz CT molecular complexity index is 1010. The van der Waals surface area contributed by atoms with Crippen LogP contribution in [0.1, 0.15) is 10.4 Å². The number of nitrogens with one attached hydrogen (secondary N) is 1. The molecule has 2 N–H and O–H groups in total. The predicted octanol–water partition coefficient (Wildman–Crippen LogP) is 7.11. The molecule has 0 radical (unpaired) electrons. The number of benzene rings is 3. The molecule has 8 heteroatoms. The summed E-state index contributed by atoms with van der Waals surface area (Å²) >= 11 is 17.4. The molecule has 0 heterocycles. The van der Waals surface area contributed by atoms with E-state index < -0.39 is 5.91 Å². The van der Waals surface area contributed by atoms with E-state index in [2.05, 4.69) is 21.2 Å². The molecule has 138 valence electrons. The smallest absolute Gasteiger partial charge is 0.259 e. The number of hydrogen-bond acceptors (Lipinski definition) is 3. The number of anilines is 1. The van der Waals surface area contributed by atoms with Crippen molar-refractivity contribution in [3.8, 4) is 17.2 Å². The van der Waals surface area contributed by atoms with E-state index in [0.717, 1.165) is 0 Å². The van der Waals surface area contributed by atoms with Crippen molar-refractivity contribution in [2.45, 2.75) is 0 Å². The van der Waals surface area contributed by atoms with E-state index in [4.69, 9.17) is 27.9 Å². The number of carbonyl (C=O) groups is 1. The van der Waals surface area contributed by atoms with Crippen LogP contribution in [0, 0.1) is 3.57 Å². The molecule has 3 aromatic carbocycles. The van der Waals surface area contributed by atoms with Crippen molar-refractivity contribution in [2.75, 3.05) is 5.32 Å². The maximum absolute atomic E-state index is 12.5. The van der Waals surface area contributed by atoms with Gasteiger partial charge in [0.2, 0.25) is 0 Å². The summed E-state index contributed by atoms with van der Waals surface area (Å²) in [4.78, 5) is 12.5. The lowest BCUT2D eigenvalue weighted by Gasteiger charge is -2.11. The van der Waals surface area contributed by atoms with Crippen molar-refractivity contribution in [3.63, 3.8) is 0 Å². The van der Waals surface area contributed by atoms with Crippen LogP contribution in [-0.2, 0) is 0 Å². The molecule has 1 amide bonds. The van der Waals surface area contributed by atoms with Gasteiger partial charge >= 0.3 is 0 Å². The highest BCUT2D eigenvalue weighted by atomic mass is 127. The first-order valence-electron chi connectivity index (χ1n) is 7.56. The van der Waals surface area contributed by atoms with Crippen LogP contribution in [-0.4, -0.2) is 11.0 Å². The van der Waals surface area contributed by atoms with Crippen LogP contribution in [0.5, 0.6) is 17.2 Å². The Kier molecular flexibility index (Phi) is 6.52. The molecule has 0 spiro atoms. The lowest BCUT2D eigenvalue weighted by molar-refractivity contribution is 0.102. The van der Waals surface area contributed by atoms with E-state index in [1.165, 1.54) is 0 Å². The third-order valence-electron chi connectivity index (χ3n) is 3.50. The van der Waals surface area contributed by atoms with Gasteiger partial charge in [0.1, 0.15) is 17.2 Å². The van der Waals surface area contributed by atoms with E-state index in [-0.39, 0.29) is 11.3 Å². The first-order valence-corrected chi connectivity index (χ1v) is 10.2. The van der Waals surface area contributed by atoms with Crippen LogP contribution < -0.4 is 10.1 Å². The van der Waals surface area contributed by atoms with Crippen molar-refractivity contribution < 1.29 is 14.6 Å². The minimum absolute atomic E-state index is 0.0786. The van der Waals surface area contributed by atoms with E-state index in [1.54, 1.807) is 54.6 Å². The van der Waals surface area contributed by atoms with Crippen molar-refractivity contribution in [1.82, 2.24) is 0 Å². The maximum Gasteiger partial charge on any atom is 0.259 e. The van der Waals surface area contributed by atoms with Crippen LogP contribution in [0.15, 0.2) is 59.1 Å². The molecule has 3 aromatic rings. The zero-order chi connectivity index (χ0) is 19.6. The fourth-order valence-electron chi connectivity index (χ4n) is 2.23. The summed E-state index contributed by atoms with van der Waals surface area (Å²) in [7, 11) is 0. The molecule has 0 unspecified atom stereocenters. The summed E-state index contributed by atoms with van der Waals surface area (Å²) in [5.74, 6) is 0.503. The fourth-order valence-corrected chi connectivity index (χ4v) is 4.09. The van der Waals surface area contributed by atoms with Crippen LogP contribution in [0.2, 0.25) is 10.0 Å². The number of ether oxygens (including phenoxy) is 1. The number of aromatic hydroxyl groups is 1. The maximum atomic E-state index is 12.5. The van der Waals surface area contributed by atoms with Gasteiger partial charge < -0.3 is 15.2 Å². The van der Waals surface area contributed by atoms with Crippen LogP contribution in [0.25, 0.3) is 0 Å². The molecule has 0 aliphatic heterocycles. The van der Waals surface area contributed by atoms with E-state index in [1.807, 2.05) is 22.6 Å². The molecule has 0 saturated heterocycles. The lowest BCUT2D eigenvalue weighted by Crippen LogP contribution is -2.12. The van der Waals surface area contributed by atoms with Crippen LogP contribution in [0.4, 0.5) is 5.69 Å². The van der Waals surface area contributed by atoms with Gasteiger partial charge in [-0.2, -0.15) is 0 Å². The van der Waals surface area contributed by atoms with E-state index in [9.17, 15) is 9.90 Å². The quantitative estimate of drug-likeness (QED) is 0.324. The minimum atomic E-state index is -0.450. The first-order chi connectivity index (χ1) is 12.8. The number of halogens is 4. The first kappa shape index (κ1) is 20.3. The third-order valence-corrected chi connectivity index (χ3v) is 5.33. The van der Waals surface area contributed by atoms with E-state index in [0.29, 0.717) is 35.3 Å². The fraction of sp³-hybridized carbons (Fsp3) is 0. The largest absolute Gasteiger partial charge is 0.506 e. The van der Waals surface area contributed by atoms with Gasteiger partial charge in [-0.1, -0.05) is 39.1 Å². The van der Waals surface area contributed by atoms with Crippen LogP contribution >= 0.6 is 61.7 Å². The third kappa shape index (κ3) is 5.07. The molecule has 0 saturated carbocycles. The minimum Gasteiger partial charge on any atom is -0.506 e. The molecular weight excluding hydrogens is 568 g/mol. The number of phenolic OH excluding ortho intramolecular Hbond substituents is 1. The molecule has 3 rings (SSSR count). The molecule has 0 aromatic heterocycles. The highest BCUT2D eigenvalue weighted by Gasteiger charge is 2.16. The molecule has 0 aliphatic rings. The summed E-state index contributed by atoms with van der Waals surface area (Å²) in [5.41, 5.74) is 0.634. The number of amides is 1. The van der Waals surface area contributed by atoms with Gasteiger partial charge in [-0.25, -0.2) is 0 Å². The van der Waals surface area contributed by atoms with Gasteiger partial charge in [-0.15, -0.1) is 0 Å². The van der Waals surface area contributed by atoms with Crippen molar-refractivity contribution in [2.24, 2.45) is 0 Å². The van der Waals surface area contributed by atoms with Gasteiger partial charge in [0.15, 0.2) is 0 Å². The van der Waals surface area contributed by atoms with Gasteiger partial charge in [-0.3, -0.25) is 4.79 Å². The zero-order valence-electron chi connectivity index (χ0n) is 13.5. The number of rotatable bonds is 4. The lowest BCUT2D eigenvalue weighted by atomic mass is 10.2. The van der Waals surface area contributed by atoms with Gasteiger partial charge in [0.25, 0.3) is 5.91 Å². The Labute approximate surface area is 187 Å². The van der Waals surface area contributed by atoms with Crippen molar-refractivity contribution in [3.05, 3.63) is 78.2 Å². The average molecular weight is 579 g/mol. The van der Waals surface area contributed by atoms with E-state index >= 15 is 0 Å². The topological polar surface area (TPSA) is 58.6 Å². The molecule has 0 atom stereocenters. The molecular formula is C19H11BrCl2INO3. The SMILES string of the molecule is O=C(Nc1ccc(Oc2ccc(Cl)cc2)c(Cl)c1)c1cc(Br)cc(I)c1O. The molecule has 0 bridgehead atoms. The Morgan fingerprint density at radius 1 is 1.07 bits per heavy atom. The summed E-state index contributed by atoms with van der Waals surface area (Å²) in [5, 5.41) is 13.8. The Morgan fingerprint density at radius 3 is 2.44 bits per heavy atom. The number of hydrogen-bond donors (Lipinski definition) is 2. The highest BCUT2D eigenvalue weighted by Crippen LogP contribution is 2.33. The number of phenols is 1. The summed E-state index contributed by atoms with van der Waals surface area (Å²) in [6, 6.07) is 15.0. The highest BCUT2D eigenvalue weighted by molar-refractivity contribution is 14.1. The van der Waals surface area contributed by atoms with Crippen molar-refractivity contribution >= 4 is 73.3 Å². The molecule has 4 nitrogen and oxygen atoms in total. The monoisotopic (exact) mass is 577 g/mol. The van der Waals surface area contributed by atoms with Crippen molar-refractivity contribution in [1.29, 1.82) is 0 Å². The Balaban J connectivity index is 1.78. The second-order valence-corrected chi connectivity index (χ2v) is 8.36. The standard InChI is InChI=1S/C19H11BrCl2INO3/c20-10-7-14(18(25)16(23)8-10)19(26)24-12-3-6-17(15(22)9-12)27-13-4-1-11(21)2-5-13/h1-9,25H,(H,24,26). The van der Waals surface area contributed by atoms with Crippen LogP contribution in [0.3, 0.4) is 0 Å². The normalized spacial score (nSPS) is 10.5. The molecule has 0 fully saturated rings.